The summed E-state index contributed by atoms with van der Waals surface area (Å²) in [7, 11) is 0. The van der Waals surface area contributed by atoms with Crippen molar-refractivity contribution in [3.05, 3.63) is 35.4 Å². The first-order valence-electron chi connectivity index (χ1n) is 8.00. The number of halogens is 1. The number of fused-ring (bicyclic) bond motifs is 1. The SMILES string of the molecule is CCSC1CCCC1NC(=O)C1Cc2ccccc2CN1.Cl. The Labute approximate surface area is 143 Å². The highest BCUT2D eigenvalue weighted by atomic mass is 35.5. The Balaban J connectivity index is 0.00000176. The average Bonchev–Trinajstić information content (AvgIpc) is 2.94. The van der Waals surface area contributed by atoms with Gasteiger partial charge in [-0.05, 0) is 36.1 Å². The molecule has 3 rings (SSSR count). The molecule has 1 aliphatic heterocycles. The Kier molecular flexibility index (Phi) is 6.60. The van der Waals surface area contributed by atoms with E-state index in [1.807, 2.05) is 11.8 Å². The van der Waals surface area contributed by atoms with Crippen molar-refractivity contribution in [2.75, 3.05) is 5.75 Å². The fraction of sp³-hybridized carbons (Fsp3) is 0.588. The van der Waals surface area contributed by atoms with Crippen molar-refractivity contribution in [1.29, 1.82) is 0 Å². The number of thioether (sulfide) groups is 1. The average molecular weight is 341 g/mol. The van der Waals surface area contributed by atoms with Crippen LogP contribution in [0.1, 0.15) is 37.3 Å². The molecule has 2 aliphatic rings. The maximum Gasteiger partial charge on any atom is 0.237 e. The Morgan fingerprint density at radius 1 is 1.32 bits per heavy atom. The summed E-state index contributed by atoms with van der Waals surface area (Å²) in [6, 6.07) is 8.69. The number of amides is 1. The van der Waals surface area contributed by atoms with Crippen molar-refractivity contribution < 1.29 is 4.79 Å². The van der Waals surface area contributed by atoms with Gasteiger partial charge in [0.05, 0.1) is 6.04 Å². The number of carbonyl (C=O) groups is 1. The molecule has 1 aromatic carbocycles. The second kappa shape index (κ2) is 8.23. The molecule has 1 aliphatic carbocycles. The van der Waals surface area contributed by atoms with Crippen LogP contribution < -0.4 is 10.6 Å². The van der Waals surface area contributed by atoms with Crippen LogP contribution in [0.5, 0.6) is 0 Å². The first kappa shape index (κ1) is 17.6. The van der Waals surface area contributed by atoms with Crippen molar-refractivity contribution in [3.63, 3.8) is 0 Å². The minimum atomic E-state index is -0.0761. The standard InChI is InChI=1S/C17H24N2OS.ClH/c1-2-21-16-9-5-8-14(16)19-17(20)15-10-12-6-3-4-7-13(12)11-18-15;/h3-4,6-7,14-16,18H,2,5,8-11H2,1H3,(H,19,20);1H. The largest absolute Gasteiger partial charge is 0.351 e. The molecule has 3 unspecified atom stereocenters. The zero-order chi connectivity index (χ0) is 14.7. The molecule has 3 nitrogen and oxygen atoms in total. The topological polar surface area (TPSA) is 41.1 Å². The van der Waals surface area contributed by atoms with Gasteiger partial charge < -0.3 is 10.6 Å². The Morgan fingerprint density at radius 3 is 2.86 bits per heavy atom. The molecular weight excluding hydrogens is 316 g/mol. The van der Waals surface area contributed by atoms with Crippen LogP contribution in [0.25, 0.3) is 0 Å². The van der Waals surface area contributed by atoms with Crippen molar-refractivity contribution >= 4 is 30.1 Å². The van der Waals surface area contributed by atoms with Gasteiger partial charge in [-0.15, -0.1) is 12.4 Å². The summed E-state index contributed by atoms with van der Waals surface area (Å²) in [5, 5.41) is 7.28. The third-order valence-electron chi connectivity index (χ3n) is 4.56. The Morgan fingerprint density at radius 2 is 2.09 bits per heavy atom. The predicted molar refractivity (Wildman–Crippen MR) is 95.7 cm³/mol. The van der Waals surface area contributed by atoms with Gasteiger partial charge in [0.2, 0.25) is 5.91 Å². The first-order chi connectivity index (χ1) is 10.3. The fourth-order valence-corrected chi connectivity index (χ4v) is 4.63. The van der Waals surface area contributed by atoms with Gasteiger partial charge in [0.1, 0.15) is 0 Å². The van der Waals surface area contributed by atoms with Gasteiger partial charge in [0.25, 0.3) is 0 Å². The molecule has 1 saturated carbocycles. The maximum atomic E-state index is 12.5. The van der Waals surface area contributed by atoms with Gasteiger partial charge in [0.15, 0.2) is 0 Å². The molecule has 3 atom stereocenters. The van der Waals surface area contributed by atoms with E-state index in [0.29, 0.717) is 11.3 Å². The summed E-state index contributed by atoms with van der Waals surface area (Å²) in [4.78, 5) is 12.5. The highest BCUT2D eigenvalue weighted by molar-refractivity contribution is 7.99. The summed E-state index contributed by atoms with van der Waals surface area (Å²) in [6.45, 7) is 2.99. The van der Waals surface area contributed by atoms with Gasteiger partial charge in [-0.1, -0.05) is 37.6 Å². The van der Waals surface area contributed by atoms with Gasteiger partial charge >= 0.3 is 0 Å². The minimum Gasteiger partial charge on any atom is -0.351 e. The highest BCUT2D eigenvalue weighted by Crippen LogP contribution is 2.30. The van der Waals surface area contributed by atoms with E-state index >= 15 is 0 Å². The molecule has 1 fully saturated rings. The van der Waals surface area contributed by atoms with Gasteiger partial charge in [-0.25, -0.2) is 0 Å². The summed E-state index contributed by atoms with van der Waals surface area (Å²) in [6.07, 6.45) is 4.42. The van der Waals surface area contributed by atoms with Crippen LogP contribution in [0, 0.1) is 0 Å². The van der Waals surface area contributed by atoms with E-state index in [4.69, 9.17) is 0 Å². The summed E-state index contributed by atoms with van der Waals surface area (Å²) in [5.41, 5.74) is 2.63. The van der Waals surface area contributed by atoms with E-state index in [-0.39, 0.29) is 24.4 Å². The van der Waals surface area contributed by atoms with E-state index in [0.717, 1.165) is 25.1 Å². The van der Waals surface area contributed by atoms with E-state index in [9.17, 15) is 4.79 Å². The lowest BCUT2D eigenvalue weighted by atomic mass is 9.95. The molecule has 1 aromatic rings. The Hall–Kier alpha value is -0.710. The Bertz CT molecular complexity index is 511. The van der Waals surface area contributed by atoms with Crippen molar-refractivity contribution in [2.45, 2.75) is 56.5 Å². The number of hydrogen-bond acceptors (Lipinski definition) is 3. The van der Waals surface area contributed by atoms with Gasteiger partial charge in [0, 0.05) is 17.8 Å². The van der Waals surface area contributed by atoms with Gasteiger partial charge in [-0.3, -0.25) is 4.79 Å². The van der Waals surface area contributed by atoms with E-state index < -0.39 is 0 Å². The third kappa shape index (κ3) is 3.98. The number of benzene rings is 1. The smallest absolute Gasteiger partial charge is 0.237 e. The molecule has 122 valence electrons. The first-order valence-corrected chi connectivity index (χ1v) is 9.05. The summed E-state index contributed by atoms with van der Waals surface area (Å²) >= 11 is 1.99. The number of rotatable bonds is 4. The lowest BCUT2D eigenvalue weighted by Crippen LogP contribution is -2.51. The zero-order valence-electron chi connectivity index (χ0n) is 13.0. The molecule has 0 bridgehead atoms. The van der Waals surface area contributed by atoms with E-state index in [1.165, 1.54) is 24.0 Å². The molecule has 0 radical (unpaired) electrons. The molecule has 5 heteroatoms. The quantitative estimate of drug-likeness (QED) is 0.885. The second-order valence-electron chi connectivity index (χ2n) is 5.95. The monoisotopic (exact) mass is 340 g/mol. The molecule has 1 heterocycles. The normalized spacial score (nSPS) is 26.9. The fourth-order valence-electron chi connectivity index (χ4n) is 3.43. The van der Waals surface area contributed by atoms with E-state index in [2.05, 4.69) is 41.8 Å². The van der Waals surface area contributed by atoms with Crippen molar-refractivity contribution in [3.8, 4) is 0 Å². The minimum absolute atomic E-state index is 0. The molecule has 0 aromatic heterocycles. The highest BCUT2D eigenvalue weighted by Gasteiger charge is 2.31. The lowest BCUT2D eigenvalue weighted by molar-refractivity contribution is -0.124. The molecule has 2 N–H and O–H groups in total. The van der Waals surface area contributed by atoms with Crippen LogP contribution in [0.4, 0.5) is 0 Å². The van der Waals surface area contributed by atoms with Crippen LogP contribution in [0.3, 0.4) is 0 Å². The summed E-state index contributed by atoms with van der Waals surface area (Å²) < 4.78 is 0. The number of nitrogens with one attached hydrogen (secondary N) is 2. The molecule has 1 amide bonds. The summed E-state index contributed by atoms with van der Waals surface area (Å²) in [5.74, 6) is 1.31. The number of hydrogen-bond donors (Lipinski definition) is 2. The molecule has 22 heavy (non-hydrogen) atoms. The van der Waals surface area contributed by atoms with Crippen LogP contribution >= 0.6 is 24.2 Å². The second-order valence-corrected chi connectivity index (χ2v) is 7.46. The molecule has 0 saturated heterocycles. The van der Waals surface area contributed by atoms with Crippen LogP contribution in [0.2, 0.25) is 0 Å². The maximum absolute atomic E-state index is 12.5. The number of carbonyl (C=O) groups excluding carboxylic acids is 1. The van der Waals surface area contributed by atoms with Crippen molar-refractivity contribution in [2.24, 2.45) is 0 Å². The van der Waals surface area contributed by atoms with Crippen molar-refractivity contribution in [1.82, 2.24) is 10.6 Å². The molecule has 0 spiro atoms. The van der Waals surface area contributed by atoms with Crippen LogP contribution in [-0.2, 0) is 17.8 Å². The lowest BCUT2D eigenvalue weighted by Gasteiger charge is -2.28. The predicted octanol–water partition coefficient (Wildman–Crippen LogP) is 2.91. The zero-order valence-corrected chi connectivity index (χ0v) is 14.6. The van der Waals surface area contributed by atoms with E-state index in [1.54, 1.807) is 0 Å². The van der Waals surface area contributed by atoms with Crippen LogP contribution in [-0.4, -0.2) is 29.0 Å². The van der Waals surface area contributed by atoms with Gasteiger partial charge in [-0.2, -0.15) is 11.8 Å². The van der Waals surface area contributed by atoms with Crippen LogP contribution in [0.15, 0.2) is 24.3 Å². The molecular formula is C17H25ClN2OS. The third-order valence-corrected chi connectivity index (χ3v) is 5.88.